The van der Waals surface area contributed by atoms with Crippen molar-refractivity contribution in [1.82, 2.24) is 14.8 Å². The molecule has 3 heterocycles. The molecule has 0 unspecified atom stereocenters. The van der Waals surface area contributed by atoms with Crippen molar-refractivity contribution in [2.75, 3.05) is 31.1 Å². The van der Waals surface area contributed by atoms with Gasteiger partial charge in [-0.25, -0.2) is 19.4 Å². The van der Waals surface area contributed by atoms with E-state index in [1.807, 2.05) is 20.8 Å². The minimum atomic E-state index is -0.922. The molecule has 2 fully saturated rings. The molecule has 41 heavy (non-hydrogen) atoms. The fourth-order valence-corrected chi connectivity index (χ4v) is 4.41. The Labute approximate surface area is 242 Å². The van der Waals surface area contributed by atoms with Crippen LogP contribution in [0.25, 0.3) is 0 Å². The van der Waals surface area contributed by atoms with Crippen LogP contribution in [-0.4, -0.2) is 87.6 Å². The van der Waals surface area contributed by atoms with Crippen LogP contribution in [0.1, 0.15) is 80.8 Å². The van der Waals surface area contributed by atoms with Gasteiger partial charge in [0.25, 0.3) is 0 Å². The fraction of sp³-hybridized carbons (Fsp3) is 0.690. The molecule has 0 saturated carbocycles. The number of hydrogen-bond donors (Lipinski definition) is 0. The van der Waals surface area contributed by atoms with Gasteiger partial charge in [0.1, 0.15) is 29.2 Å². The molecule has 1 spiro atoms. The summed E-state index contributed by atoms with van der Waals surface area (Å²) in [5.74, 6) is -0.180. The van der Waals surface area contributed by atoms with Crippen LogP contribution in [0.4, 0.5) is 20.2 Å². The SMILES string of the molecule is CC(C)(C)OC(=O)N1CCC2(CC1)CN(Cc1cccc(N(C(=O)OC(C)(C)C)C(=O)OC(C)(C)C)n1)C(=O)CO2. The van der Waals surface area contributed by atoms with Crippen molar-refractivity contribution < 1.29 is 38.1 Å². The molecule has 0 atom stereocenters. The summed E-state index contributed by atoms with van der Waals surface area (Å²) in [7, 11) is 0. The van der Waals surface area contributed by atoms with Crippen molar-refractivity contribution >= 4 is 30.0 Å². The van der Waals surface area contributed by atoms with Crippen molar-refractivity contribution in [1.29, 1.82) is 0 Å². The highest BCUT2D eigenvalue weighted by Gasteiger charge is 2.44. The molecule has 1 aromatic rings. The predicted octanol–water partition coefficient (Wildman–Crippen LogP) is 4.89. The van der Waals surface area contributed by atoms with E-state index in [4.69, 9.17) is 18.9 Å². The smallest absolute Gasteiger partial charge is 0.425 e. The number of pyridine rings is 1. The van der Waals surface area contributed by atoms with Gasteiger partial charge in [-0.3, -0.25) is 4.79 Å². The standard InChI is InChI=1S/C29H44N4O8/c1-26(2,3)39-23(35)31-15-13-29(14-16-31)19-32(22(34)18-38-29)17-20-11-10-12-21(30-20)33(24(36)40-27(4,5)6)25(37)41-28(7,8)9/h10-12H,13-19H2,1-9H3. The van der Waals surface area contributed by atoms with Crippen LogP contribution < -0.4 is 4.90 Å². The zero-order valence-electron chi connectivity index (χ0n) is 25.7. The second-order valence-corrected chi connectivity index (χ2v) is 13.5. The normalized spacial score (nSPS) is 17.7. The molecule has 0 N–H and O–H groups in total. The van der Waals surface area contributed by atoms with Crippen LogP contribution in [0.5, 0.6) is 0 Å². The van der Waals surface area contributed by atoms with E-state index in [2.05, 4.69) is 4.98 Å². The van der Waals surface area contributed by atoms with E-state index in [-0.39, 0.29) is 31.0 Å². The van der Waals surface area contributed by atoms with Crippen LogP contribution in [-0.2, 0) is 30.3 Å². The van der Waals surface area contributed by atoms with Crippen molar-refractivity contribution in [3.63, 3.8) is 0 Å². The quantitative estimate of drug-likeness (QED) is 0.462. The molecule has 0 bridgehead atoms. The van der Waals surface area contributed by atoms with E-state index >= 15 is 0 Å². The minimum absolute atomic E-state index is 0.0205. The number of amides is 4. The second-order valence-electron chi connectivity index (χ2n) is 13.5. The number of ether oxygens (including phenoxy) is 4. The average molecular weight is 577 g/mol. The molecule has 0 aromatic carbocycles. The number of hydrogen-bond acceptors (Lipinski definition) is 9. The van der Waals surface area contributed by atoms with E-state index in [1.165, 1.54) is 6.07 Å². The summed E-state index contributed by atoms with van der Waals surface area (Å²) in [5, 5.41) is 0. The molecular formula is C29H44N4O8. The molecule has 2 saturated heterocycles. The first-order valence-corrected chi connectivity index (χ1v) is 13.9. The zero-order chi connectivity index (χ0) is 30.8. The molecule has 0 aliphatic carbocycles. The van der Waals surface area contributed by atoms with Crippen LogP contribution in [0.3, 0.4) is 0 Å². The number of carbonyl (C=O) groups excluding carboxylic acids is 4. The molecule has 4 amide bonds. The molecule has 12 nitrogen and oxygen atoms in total. The third-order valence-electron chi connectivity index (χ3n) is 6.19. The summed E-state index contributed by atoms with van der Waals surface area (Å²) in [6, 6.07) is 4.87. The fourth-order valence-electron chi connectivity index (χ4n) is 4.41. The number of carbonyl (C=O) groups is 4. The lowest BCUT2D eigenvalue weighted by molar-refractivity contribution is -0.172. The first kappa shape index (κ1) is 32.1. The molecule has 228 valence electrons. The lowest BCUT2D eigenvalue weighted by Crippen LogP contribution is -2.59. The summed E-state index contributed by atoms with van der Waals surface area (Å²) >= 11 is 0. The van der Waals surface area contributed by atoms with Gasteiger partial charge < -0.3 is 28.7 Å². The van der Waals surface area contributed by atoms with Crippen molar-refractivity contribution in [3.8, 4) is 0 Å². The highest BCUT2D eigenvalue weighted by Crippen LogP contribution is 2.32. The third kappa shape index (κ3) is 9.31. The predicted molar refractivity (Wildman–Crippen MR) is 150 cm³/mol. The Balaban J connectivity index is 1.76. The van der Waals surface area contributed by atoms with E-state index in [0.717, 1.165) is 4.90 Å². The lowest BCUT2D eigenvalue weighted by atomic mass is 9.89. The topological polar surface area (TPSA) is 128 Å². The van der Waals surface area contributed by atoms with Crippen LogP contribution in [0.2, 0.25) is 0 Å². The second kappa shape index (κ2) is 11.8. The average Bonchev–Trinajstić information content (AvgIpc) is 2.79. The number of anilines is 1. The van der Waals surface area contributed by atoms with Crippen LogP contribution in [0, 0.1) is 0 Å². The van der Waals surface area contributed by atoms with E-state index in [0.29, 0.717) is 38.2 Å². The van der Waals surface area contributed by atoms with Crippen molar-refractivity contribution in [3.05, 3.63) is 23.9 Å². The van der Waals surface area contributed by atoms with Gasteiger partial charge in [0.05, 0.1) is 24.4 Å². The van der Waals surface area contributed by atoms with Crippen molar-refractivity contribution in [2.45, 2.75) is 104 Å². The van der Waals surface area contributed by atoms with Crippen molar-refractivity contribution in [2.24, 2.45) is 0 Å². The molecule has 12 heteroatoms. The van der Waals surface area contributed by atoms with Gasteiger partial charge in [0, 0.05) is 13.1 Å². The number of morpholine rings is 1. The van der Waals surface area contributed by atoms with Gasteiger partial charge in [-0.1, -0.05) is 6.07 Å². The number of nitrogens with zero attached hydrogens (tertiary/aromatic N) is 4. The van der Waals surface area contributed by atoms with Gasteiger partial charge in [-0.15, -0.1) is 0 Å². The maximum atomic E-state index is 13.0. The Morgan fingerprint density at radius 2 is 1.44 bits per heavy atom. The maximum Gasteiger partial charge on any atom is 0.425 e. The minimum Gasteiger partial charge on any atom is -0.444 e. The highest BCUT2D eigenvalue weighted by atomic mass is 16.6. The number of aromatic nitrogens is 1. The zero-order valence-corrected chi connectivity index (χ0v) is 25.7. The van der Waals surface area contributed by atoms with Gasteiger partial charge in [-0.2, -0.15) is 4.90 Å². The Kier molecular flexibility index (Phi) is 9.27. The van der Waals surface area contributed by atoms with Gasteiger partial charge >= 0.3 is 18.3 Å². The third-order valence-corrected chi connectivity index (χ3v) is 6.19. The summed E-state index contributed by atoms with van der Waals surface area (Å²) in [4.78, 5) is 60.0. The summed E-state index contributed by atoms with van der Waals surface area (Å²) in [6.07, 6.45) is -1.11. The van der Waals surface area contributed by atoms with Gasteiger partial charge in [0.15, 0.2) is 0 Å². The number of imide groups is 1. The molecule has 1 aromatic heterocycles. The monoisotopic (exact) mass is 576 g/mol. The van der Waals surface area contributed by atoms with Gasteiger partial charge in [0.2, 0.25) is 5.91 Å². The molecule has 2 aliphatic heterocycles. The first-order valence-electron chi connectivity index (χ1n) is 13.9. The Hall–Kier alpha value is -3.41. The molecule has 0 radical (unpaired) electrons. The number of piperidine rings is 1. The summed E-state index contributed by atoms with van der Waals surface area (Å²) in [6.45, 7) is 16.9. The van der Waals surface area contributed by atoms with E-state index in [1.54, 1.807) is 63.5 Å². The Morgan fingerprint density at radius 1 is 0.902 bits per heavy atom. The molecule has 2 aliphatic rings. The maximum absolute atomic E-state index is 13.0. The van der Waals surface area contributed by atoms with Gasteiger partial charge in [-0.05, 0) is 87.3 Å². The number of likely N-dealkylation sites (tertiary alicyclic amines) is 1. The van der Waals surface area contributed by atoms with Crippen LogP contribution >= 0.6 is 0 Å². The Bertz CT molecular complexity index is 1110. The van der Waals surface area contributed by atoms with Crippen LogP contribution in [0.15, 0.2) is 18.2 Å². The first-order chi connectivity index (χ1) is 18.8. The van der Waals surface area contributed by atoms with E-state index < -0.39 is 34.6 Å². The van der Waals surface area contributed by atoms with E-state index in [9.17, 15) is 19.2 Å². The molecular weight excluding hydrogens is 532 g/mol. The number of rotatable bonds is 3. The highest BCUT2D eigenvalue weighted by molar-refractivity contribution is 6.08. The lowest BCUT2D eigenvalue weighted by Gasteiger charge is -2.46. The Morgan fingerprint density at radius 3 is 1.95 bits per heavy atom. The largest absolute Gasteiger partial charge is 0.444 e. The molecule has 3 rings (SSSR count). The summed E-state index contributed by atoms with van der Waals surface area (Å²) in [5.41, 5.74) is -2.43. The summed E-state index contributed by atoms with van der Waals surface area (Å²) < 4.78 is 22.4.